The van der Waals surface area contributed by atoms with Gasteiger partial charge >= 0.3 is 20.1 Å². The van der Waals surface area contributed by atoms with Gasteiger partial charge in [-0.3, -0.25) is 0 Å². The SMILES string of the molecule is [Ir+3].[c-]1cc(-c2ccccc2-c2cc(-c3ccccc3-c3c[c-]c(-c4ccccn4)cc3)cc(-c3ccccc3-c3c[c-]c(-c4cc5c(cn4)CCC5)cc3-c3ccc(-c4ccccc4)cc3)c2)ccc1-c1ccccn1. The summed E-state index contributed by atoms with van der Waals surface area (Å²) in [5.74, 6) is 0. The van der Waals surface area contributed by atoms with Gasteiger partial charge in [0.2, 0.25) is 0 Å². The number of fused-ring (bicyclic) bond motifs is 1. The maximum absolute atomic E-state index is 5.01. The fraction of sp³-hybridized carbons (Fsp3) is 0.0417. The zero-order valence-electron chi connectivity index (χ0n) is 41.5. The van der Waals surface area contributed by atoms with Crippen LogP contribution in [0.3, 0.4) is 0 Å². The van der Waals surface area contributed by atoms with Crippen molar-refractivity contribution in [3.05, 3.63) is 285 Å². The minimum atomic E-state index is 0. The van der Waals surface area contributed by atoms with E-state index in [9.17, 15) is 0 Å². The van der Waals surface area contributed by atoms with Crippen LogP contribution in [0.1, 0.15) is 17.5 Å². The van der Waals surface area contributed by atoms with E-state index in [-0.39, 0.29) is 20.1 Å². The molecule has 0 unspecified atom stereocenters. The van der Waals surface area contributed by atoms with Gasteiger partial charge in [-0.05, 0) is 122 Å². The second-order valence-corrected chi connectivity index (χ2v) is 19.2. The molecule has 12 aromatic rings. The largest absolute Gasteiger partial charge is 3.00 e. The van der Waals surface area contributed by atoms with Crippen molar-refractivity contribution in [1.82, 2.24) is 15.0 Å². The van der Waals surface area contributed by atoms with E-state index in [0.717, 1.165) is 125 Å². The zero-order valence-corrected chi connectivity index (χ0v) is 43.9. The third kappa shape index (κ3) is 9.69. The standard InChI is InChI=1S/C72H48N3.Ir/c1-2-15-49(16-3-1)50-27-29-53(30-28-50)69-46-57(72-47-56-17-14-18-58(56)48-75-72)39-40-68(69)67-24-9-8-23-66(67)61-44-59(64-21-6-4-19-62(64)51-31-35-54(36-32-51)70-25-10-12-41-73-70)43-60(45-61)65-22-7-5-20-63(65)52-33-37-55(38-34-52)71-26-11-13-42-74-71;/h1-13,15-16,19-35,37,40-48H,14,17-18H2;/q-3;+3. The van der Waals surface area contributed by atoms with Gasteiger partial charge in [0.15, 0.2) is 0 Å². The first-order chi connectivity index (χ1) is 37.2. The molecule has 0 N–H and O–H groups in total. The molecule has 0 spiro atoms. The van der Waals surface area contributed by atoms with Gasteiger partial charge in [-0.1, -0.05) is 202 Å². The third-order valence-electron chi connectivity index (χ3n) is 14.6. The van der Waals surface area contributed by atoms with Crippen LogP contribution in [-0.2, 0) is 32.9 Å². The summed E-state index contributed by atoms with van der Waals surface area (Å²) in [7, 11) is 0. The fourth-order valence-electron chi connectivity index (χ4n) is 10.8. The van der Waals surface area contributed by atoms with Crippen LogP contribution in [-0.4, -0.2) is 15.0 Å². The van der Waals surface area contributed by atoms with Crippen LogP contribution in [0.4, 0.5) is 0 Å². The predicted octanol–water partition coefficient (Wildman–Crippen LogP) is 18.1. The normalized spacial score (nSPS) is 11.7. The molecule has 1 aliphatic rings. The molecule has 4 heteroatoms. The molecule has 0 saturated heterocycles. The molecule has 0 radical (unpaired) electrons. The first-order valence-corrected chi connectivity index (χ1v) is 25.7. The van der Waals surface area contributed by atoms with Gasteiger partial charge in [-0.25, -0.2) is 0 Å². The molecule has 13 rings (SSSR count). The monoisotopic (exact) mass is 1150 g/mol. The summed E-state index contributed by atoms with van der Waals surface area (Å²) in [6.45, 7) is 0. The fourth-order valence-corrected chi connectivity index (χ4v) is 10.8. The minimum Gasteiger partial charge on any atom is -0.305 e. The average Bonchev–Trinajstić information content (AvgIpc) is 3.99. The molecule has 0 atom stereocenters. The maximum Gasteiger partial charge on any atom is 3.00 e. The van der Waals surface area contributed by atoms with Gasteiger partial charge in [0.05, 0.1) is 0 Å². The van der Waals surface area contributed by atoms with E-state index in [1.807, 2.05) is 48.8 Å². The van der Waals surface area contributed by atoms with Crippen molar-refractivity contribution in [2.75, 3.05) is 0 Å². The van der Waals surface area contributed by atoms with E-state index in [0.29, 0.717) is 0 Å². The molecule has 76 heavy (non-hydrogen) atoms. The van der Waals surface area contributed by atoms with E-state index in [1.165, 1.54) is 28.7 Å². The van der Waals surface area contributed by atoms with E-state index < -0.39 is 0 Å². The number of benzene rings is 9. The smallest absolute Gasteiger partial charge is 0.305 e. The Bertz CT molecular complexity index is 3840. The van der Waals surface area contributed by atoms with Crippen molar-refractivity contribution in [3.63, 3.8) is 0 Å². The van der Waals surface area contributed by atoms with Crippen LogP contribution < -0.4 is 0 Å². The van der Waals surface area contributed by atoms with Crippen LogP contribution >= 0.6 is 0 Å². The van der Waals surface area contributed by atoms with Gasteiger partial charge in [-0.15, -0.1) is 83.4 Å². The van der Waals surface area contributed by atoms with Gasteiger partial charge in [0, 0.05) is 18.6 Å². The Morgan fingerprint density at radius 3 is 1.25 bits per heavy atom. The van der Waals surface area contributed by atoms with Gasteiger partial charge in [0.25, 0.3) is 0 Å². The molecule has 0 amide bonds. The molecular weight excluding hydrogens is 1100 g/mol. The Hall–Kier alpha value is -8.92. The van der Waals surface area contributed by atoms with Gasteiger partial charge in [-0.2, -0.15) is 0 Å². The molecule has 0 aliphatic heterocycles. The summed E-state index contributed by atoms with van der Waals surface area (Å²) in [4.78, 5) is 14.2. The number of aromatic nitrogens is 3. The van der Waals surface area contributed by atoms with Gasteiger partial charge < -0.3 is 15.0 Å². The molecular formula is C72H48IrN3. The van der Waals surface area contributed by atoms with Crippen molar-refractivity contribution < 1.29 is 20.1 Å². The van der Waals surface area contributed by atoms with E-state index in [1.54, 1.807) is 0 Å². The van der Waals surface area contributed by atoms with Crippen molar-refractivity contribution in [3.8, 4) is 123 Å². The van der Waals surface area contributed by atoms with Crippen LogP contribution in [0.5, 0.6) is 0 Å². The predicted molar refractivity (Wildman–Crippen MR) is 308 cm³/mol. The summed E-state index contributed by atoms with van der Waals surface area (Å²) in [5, 5.41) is 0. The molecule has 1 aliphatic carbocycles. The molecule has 360 valence electrons. The van der Waals surface area contributed by atoms with Crippen molar-refractivity contribution in [2.45, 2.75) is 19.3 Å². The zero-order chi connectivity index (χ0) is 49.9. The second kappa shape index (κ2) is 21.5. The summed E-state index contributed by atoms with van der Waals surface area (Å²) in [6, 6.07) is 95.3. The molecule has 3 heterocycles. The maximum atomic E-state index is 5.01. The second-order valence-electron chi connectivity index (χ2n) is 19.2. The van der Waals surface area contributed by atoms with Crippen LogP contribution in [0, 0.1) is 18.2 Å². The van der Waals surface area contributed by atoms with Crippen molar-refractivity contribution in [2.24, 2.45) is 0 Å². The summed E-state index contributed by atoms with van der Waals surface area (Å²) < 4.78 is 0. The average molecular weight is 1150 g/mol. The van der Waals surface area contributed by atoms with Crippen LogP contribution in [0.15, 0.2) is 255 Å². The first kappa shape index (κ1) is 48.0. The topological polar surface area (TPSA) is 38.7 Å². The number of hydrogen-bond donors (Lipinski definition) is 0. The number of aryl methyl sites for hydroxylation is 2. The molecule has 0 fully saturated rings. The Labute approximate surface area is 458 Å². The minimum absolute atomic E-state index is 0. The van der Waals surface area contributed by atoms with E-state index in [2.05, 4.69) is 235 Å². The first-order valence-electron chi connectivity index (χ1n) is 25.7. The Morgan fingerprint density at radius 2 is 0.724 bits per heavy atom. The van der Waals surface area contributed by atoms with Crippen molar-refractivity contribution >= 4 is 0 Å². The number of nitrogens with zero attached hydrogens (tertiary/aromatic N) is 3. The van der Waals surface area contributed by atoms with Gasteiger partial charge in [0.1, 0.15) is 0 Å². The summed E-state index contributed by atoms with van der Waals surface area (Å²) in [5.41, 5.74) is 26.4. The molecule has 3 nitrogen and oxygen atoms in total. The van der Waals surface area contributed by atoms with Crippen LogP contribution in [0.2, 0.25) is 0 Å². The Morgan fingerprint density at radius 1 is 0.276 bits per heavy atom. The van der Waals surface area contributed by atoms with Crippen LogP contribution in [0.25, 0.3) is 123 Å². The summed E-state index contributed by atoms with van der Waals surface area (Å²) >= 11 is 0. The quantitative estimate of drug-likeness (QED) is 0.121. The Kier molecular flexibility index (Phi) is 13.6. The number of pyridine rings is 3. The molecule has 0 bridgehead atoms. The van der Waals surface area contributed by atoms with E-state index in [4.69, 9.17) is 4.98 Å². The molecule has 3 aromatic heterocycles. The number of hydrogen-bond acceptors (Lipinski definition) is 3. The molecule has 9 aromatic carbocycles. The third-order valence-corrected chi connectivity index (χ3v) is 14.6. The Balaban J connectivity index is 0.00000582. The number of rotatable bonds is 11. The van der Waals surface area contributed by atoms with Crippen molar-refractivity contribution in [1.29, 1.82) is 0 Å². The summed E-state index contributed by atoms with van der Waals surface area (Å²) in [6.07, 6.45) is 9.09. The van der Waals surface area contributed by atoms with E-state index >= 15 is 0 Å². The molecule has 0 saturated carbocycles.